The smallest absolute Gasteiger partial charge is 0.406 e. The molecule has 1 heterocycles. The number of hydrogen-bond acceptors (Lipinski definition) is 5. The largest absolute Gasteiger partial charge is 0.573 e. The summed E-state index contributed by atoms with van der Waals surface area (Å²) < 4.78 is 48.5. The molecule has 5 nitrogen and oxygen atoms in total. The number of methoxy groups -OCH3 is 1. The lowest BCUT2D eigenvalue weighted by atomic mass is 10.1. The maximum absolute atomic E-state index is 12.5. The number of ether oxygens (including phenoxy) is 2. The number of hydrogen-bond donors (Lipinski definition) is 1. The van der Waals surface area contributed by atoms with Crippen molar-refractivity contribution in [2.75, 3.05) is 26.8 Å². The summed E-state index contributed by atoms with van der Waals surface area (Å²) in [6.07, 6.45) is -3.86. The monoisotopic (exact) mass is 499 g/mol. The van der Waals surface area contributed by atoms with Crippen LogP contribution < -0.4 is 14.9 Å². The van der Waals surface area contributed by atoms with Crippen molar-refractivity contribution in [3.05, 3.63) is 69.3 Å². The number of halogens is 4. The molecule has 3 rings (SSSR count). The van der Waals surface area contributed by atoms with E-state index in [1.54, 1.807) is 19.2 Å². The van der Waals surface area contributed by atoms with Crippen LogP contribution in [0.4, 0.5) is 13.2 Å². The minimum absolute atomic E-state index is 0.247. The molecule has 0 fully saturated rings. The van der Waals surface area contributed by atoms with Crippen molar-refractivity contribution < 1.29 is 22.6 Å². The van der Waals surface area contributed by atoms with Gasteiger partial charge in [0.1, 0.15) is 5.75 Å². The summed E-state index contributed by atoms with van der Waals surface area (Å²) in [6, 6.07) is 13.4. The molecule has 33 heavy (non-hydrogen) atoms. The standard InChI is InChI=1S/C23H25ClF3N3O2S/c1-31-14-12-28-11-2-13-30-21(18-5-9-20(10-6-18)32-23(25,26)27)16-33-22(30)29-15-17-3-7-19(24)8-4-17/h3-10,16,28H,2,11-15H2,1H3. The van der Waals surface area contributed by atoms with E-state index in [0.29, 0.717) is 24.7 Å². The highest BCUT2D eigenvalue weighted by Gasteiger charge is 2.31. The summed E-state index contributed by atoms with van der Waals surface area (Å²) in [5.74, 6) is -0.247. The third-order valence-electron chi connectivity index (χ3n) is 4.71. The van der Waals surface area contributed by atoms with Gasteiger partial charge in [0.05, 0.1) is 18.8 Å². The predicted octanol–water partition coefficient (Wildman–Crippen LogP) is 5.50. The molecule has 178 valence electrons. The van der Waals surface area contributed by atoms with Crippen molar-refractivity contribution in [3.8, 4) is 17.0 Å². The molecule has 0 amide bonds. The third-order valence-corrected chi connectivity index (χ3v) is 5.86. The Bertz CT molecular complexity index is 1060. The fourth-order valence-electron chi connectivity index (χ4n) is 3.14. The highest BCUT2D eigenvalue weighted by atomic mass is 35.5. The highest BCUT2D eigenvalue weighted by Crippen LogP contribution is 2.27. The van der Waals surface area contributed by atoms with Gasteiger partial charge in [-0.2, -0.15) is 0 Å². The number of alkyl halides is 3. The summed E-state index contributed by atoms with van der Waals surface area (Å²) in [6.45, 7) is 3.43. The molecular weight excluding hydrogens is 475 g/mol. The number of benzene rings is 2. The lowest BCUT2D eigenvalue weighted by Crippen LogP contribution is -2.23. The van der Waals surface area contributed by atoms with Gasteiger partial charge in [0.15, 0.2) is 4.80 Å². The van der Waals surface area contributed by atoms with E-state index in [1.807, 2.05) is 29.6 Å². The Labute approximate surface area is 199 Å². The van der Waals surface area contributed by atoms with Gasteiger partial charge < -0.3 is 19.4 Å². The molecule has 2 aromatic carbocycles. The molecule has 0 aliphatic rings. The first-order valence-electron chi connectivity index (χ1n) is 10.3. The molecular formula is C23H25ClF3N3O2S. The molecule has 0 radical (unpaired) electrons. The van der Waals surface area contributed by atoms with Crippen molar-refractivity contribution in [1.82, 2.24) is 9.88 Å². The molecule has 0 atom stereocenters. The number of aromatic nitrogens is 1. The quantitative estimate of drug-likeness (QED) is 0.355. The number of rotatable bonds is 11. The average molecular weight is 500 g/mol. The Morgan fingerprint density at radius 3 is 2.45 bits per heavy atom. The van der Waals surface area contributed by atoms with Crippen molar-refractivity contribution in [2.24, 2.45) is 4.99 Å². The molecule has 0 saturated heterocycles. The van der Waals surface area contributed by atoms with Crippen LogP contribution in [0.1, 0.15) is 12.0 Å². The van der Waals surface area contributed by atoms with Gasteiger partial charge in [-0.15, -0.1) is 24.5 Å². The number of thiazole rings is 1. The zero-order valence-corrected chi connectivity index (χ0v) is 19.6. The first-order chi connectivity index (χ1) is 15.9. The first kappa shape index (κ1) is 25.3. The third kappa shape index (κ3) is 8.19. The molecule has 10 heteroatoms. The van der Waals surface area contributed by atoms with Crippen LogP contribution in [-0.4, -0.2) is 37.7 Å². The van der Waals surface area contributed by atoms with E-state index in [-0.39, 0.29) is 5.75 Å². The molecule has 0 aliphatic heterocycles. The van der Waals surface area contributed by atoms with Crippen LogP contribution in [0, 0.1) is 0 Å². The molecule has 3 aromatic rings. The molecule has 0 aliphatic carbocycles. The van der Waals surface area contributed by atoms with Crippen molar-refractivity contribution in [2.45, 2.75) is 25.9 Å². The van der Waals surface area contributed by atoms with Gasteiger partial charge in [-0.25, -0.2) is 0 Å². The zero-order valence-electron chi connectivity index (χ0n) is 18.1. The Hall–Kier alpha value is -2.33. The summed E-state index contributed by atoms with van der Waals surface area (Å²) in [5, 5.41) is 5.96. The van der Waals surface area contributed by atoms with Gasteiger partial charge in [0.2, 0.25) is 0 Å². The van der Waals surface area contributed by atoms with E-state index >= 15 is 0 Å². The maximum Gasteiger partial charge on any atom is 0.573 e. The van der Waals surface area contributed by atoms with E-state index in [4.69, 9.17) is 21.3 Å². The lowest BCUT2D eigenvalue weighted by Gasteiger charge is -2.12. The lowest BCUT2D eigenvalue weighted by molar-refractivity contribution is -0.274. The molecule has 0 spiro atoms. The second-order valence-electron chi connectivity index (χ2n) is 7.17. The topological polar surface area (TPSA) is 47.8 Å². The van der Waals surface area contributed by atoms with Crippen molar-refractivity contribution in [1.29, 1.82) is 0 Å². The summed E-state index contributed by atoms with van der Waals surface area (Å²) in [7, 11) is 1.66. The minimum Gasteiger partial charge on any atom is -0.406 e. The fraction of sp³-hybridized carbons (Fsp3) is 0.348. The van der Waals surface area contributed by atoms with Crippen LogP contribution in [0.25, 0.3) is 11.3 Å². The zero-order chi connectivity index (χ0) is 23.7. The summed E-state index contributed by atoms with van der Waals surface area (Å²) in [4.78, 5) is 5.61. The Balaban J connectivity index is 1.81. The summed E-state index contributed by atoms with van der Waals surface area (Å²) in [5.41, 5.74) is 2.72. The van der Waals surface area contributed by atoms with Gasteiger partial charge in [0, 0.05) is 30.6 Å². The van der Waals surface area contributed by atoms with Gasteiger partial charge in [-0.1, -0.05) is 23.7 Å². The number of nitrogens with one attached hydrogen (secondary N) is 1. The van der Waals surface area contributed by atoms with Crippen LogP contribution in [0.5, 0.6) is 5.75 Å². The first-order valence-corrected chi connectivity index (χ1v) is 11.6. The van der Waals surface area contributed by atoms with Crippen LogP contribution in [0.3, 0.4) is 0 Å². The van der Waals surface area contributed by atoms with Crippen LogP contribution in [0.2, 0.25) is 5.02 Å². The van der Waals surface area contributed by atoms with Crippen LogP contribution in [0.15, 0.2) is 58.9 Å². The second-order valence-corrected chi connectivity index (χ2v) is 8.44. The van der Waals surface area contributed by atoms with E-state index in [0.717, 1.165) is 41.1 Å². The minimum atomic E-state index is -4.71. The van der Waals surface area contributed by atoms with Crippen molar-refractivity contribution >= 4 is 22.9 Å². The Morgan fingerprint density at radius 1 is 1.06 bits per heavy atom. The van der Waals surface area contributed by atoms with E-state index in [1.165, 1.54) is 23.5 Å². The van der Waals surface area contributed by atoms with E-state index in [9.17, 15) is 13.2 Å². The molecule has 1 aromatic heterocycles. The Kier molecular flexibility index (Phi) is 9.37. The second kappa shape index (κ2) is 12.2. The molecule has 0 bridgehead atoms. The van der Waals surface area contributed by atoms with E-state index in [2.05, 4.69) is 14.6 Å². The maximum atomic E-state index is 12.5. The SMILES string of the molecule is COCCNCCCn1c(-c2ccc(OC(F)(F)F)cc2)csc1=NCc1ccc(Cl)cc1. The normalized spacial score (nSPS) is 12.3. The van der Waals surface area contributed by atoms with Crippen LogP contribution in [-0.2, 0) is 17.8 Å². The van der Waals surface area contributed by atoms with Gasteiger partial charge in [0.25, 0.3) is 0 Å². The number of nitrogens with zero attached hydrogens (tertiary/aromatic N) is 2. The fourth-order valence-corrected chi connectivity index (χ4v) is 4.20. The average Bonchev–Trinajstić information content (AvgIpc) is 3.18. The molecule has 1 N–H and O–H groups in total. The molecule has 0 saturated carbocycles. The van der Waals surface area contributed by atoms with Gasteiger partial charge in [-0.3, -0.25) is 4.99 Å². The van der Waals surface area contributed by atoms with Crippen molar-refractivity contribution in [3.63, 3.8) is 0 Å². The predicted molar refractivity (Wildman–Crippen MR) is 125 cm³/mol. The van der Waals surface area contributed by atoms with Gasteiger partial charge in [-0.05, 0) is 60.5 Å². The Morgan fingerprint density at radius 2 is 1.79 bits per heavy atom. The van der Waals surface area contributed by atoms with E-state index < -0.39 is 6.36 Å². The molecule has 0 unspecified atom stereocenters. The highest BCUT2D eigenvalue weighted by molar-refractivity contribution is 7.07. The summed E-state index contributed by atoms with van der Waals surface area (Å²) >= 11 is 7.45. The van der Waals surface area contributed by atoms with Gasteiger partial charge >= 0.3 is 6.36 Å². The van der Waals surface area contributed by atoms with Crippen LogP contribution >= 0.6 is 22.9 Å².